The number of hydrogen-bond donors (Lipinski definition) is 2. The number of ether oxygens (including phenoxy) is 1. The average Bonchev–Trinajstić information content (AvgIpc) is 3.47. The van der Waals surface area contributed by atoms with Crippen molar-refractivity contribution in [3.63, 3.8) is 0 Å². The van der Waals surface area contributed by atoms with Gasteiger partial charge in [-0.25, -0.2) is 4.52 Å². The SMILES string of the molecule is Cc1onc(OC[C@H](N)c2ccccc2)c1-c1ccn2nc(NC(=O)C3CC3)cc2c1. The zero-order chi connectivity index (χ0) is 21.4. The van der Waals surface area contributed by atoms with Crippen molar-refractivity contribution in [1.82, 2.24) is 14.8 Å². The predicted molar refractivity (Wildman–Crippen MR) is 116 cm³/mol. The zero-order valence-corrected chi connectivity index (χ0v) is 17.1. The fourth-order valence-electron chi connectivity index (χ4n) is 3.53. The summed E-state index contributed by atoms with van der Waals surface area (Å²) < 4.78 is 13.0. The molecule has 0 aliphatic heterocycles. The van der Waals surface area contributed by atoms with Crippen LogP contribution >= 0.6 is 0 Å². The Morgan fingerprint density at radius 3 is 2.87 bits per heavy atom. The lowest BCUT2D eigenvalue weighted by Crippen LogP contribution is -2.19. The molecular formula is C23H23N5O3. The molecule has 8 nitrogen and oxygen atoms in total. The van der Waals surface area contributed by atoms with Crippen LogP contribution in [0.25, 0.3) is 16.6 Å². The van der Waals surface area contributed by atoms with Gasteiger partial charge in [-0.2, -0.15) is 5.10 Å². The summed E-state index contributed by atoms with van der Waals surface area (Å²) in [5.74, 6) is 1.75. The Morgan fingerprint density at radius 1 is 1.29 bits per heavy atom. The second-order valence-electron chi connectivity index (χ2n) is 7.83. The lowest BCUT2D eigenvalue weighted by molar-refractivity contribution is -0.117. The number of aryl methyl sites for hydroxylation is 1. The number of amides is 1. The normalized spacial score (nSPS) is 14.5. The second kappa shape index (κ2) is 7.88. The first-order valence-electron chi connectivity index (χ1n) is 10.3. The van der Waals surface area contributed by atoms with Crippen LogP contribution in [0.1, 0.15) is 30.2 Å². The number of pyridine rings is 1. The van der Waals surface area contributed by atoms with E-state index >= 15 is 0 Å². The summed E-state index contributed by atoms with van der Waals surface area (Å²) in [6, 6.07) is 15.2. The first-order chi connectivity index (χ1) is 15.1. The molecule has 4 aromatic rings. The summed E-state index contributed by atoms with van der Waals surface area (Å²) >= 11 is 0. The number of nitrogens with one attached hydrogen (secondary N) is 1. The van der Waals surface area contributed by atoms with Crippen molar-refractivity contribution < 1.29 is 14.1 Å². The molecule has 5 rings (SSSR count). The molecule has 1 aliphatic rings. The fourth-order valence-corrected chi connectivity index (χ4v) is 3.53. The fraction of sp³-hybridized carbons (Fsp3) is 0.261. The summed E-state index contributed by atoms with van der Waals surface area (Å²) in [6.07, 6.45) is 3.74. The van der Waals surface area contributed by atoms with Crippen LogP contribution in [0.4, 0.5) is 5.82 Å². The van der Waals surface area contributed by atoms with Gasteiger partial charge in [0.1, 0.15) is 12.4 Å². The smallest absolute Gasteiger partial charge is 0.262 e. The molecule has 3 N–H and O–H groups in total. The Morgan fingerprint density at radius 2 is 2.10 bits per heavy atom. The molecule has 0 radical (unpaired) electrons. The Kier molecular flexibility index (Phi) is 4.91. The molecule has 31 heavy (non-hydrogen) atoms. The third kappa shape index (κ3) is 4.02. The molecule has 0 spiro atoms. The Hall–Kier alpha value is -3.65. The third-order valence-corrected chi connectivity index (χ3v) is 5.41. The molecule has 0 bridgehead atoms. The number of nitrogens with zero attached hydrogens (tertiary/aromatic N) is 3. The van der Waals surface area contributed by atoms with Crippen LogP contribution in [0.2, 0.25) is 0 Å². The minimum Gasteiger partial charge on any atom is -0.473 e. The van der Waals surface area contributed by atoms with Crippen LogP contribution in [0, 0.1) is 12.8 Å². The van der Waals surface area contributed by atoms with Crippen molar-refractivity contribution >= 4 is 17.2 Å². The van der Waals surface area contributed by atoms with E-state index in [1.165, 1.54) is 0 Å². The van der Waals surface area contributed by atoms with Gasteiger partial charge in [0.15, 0.2) is 5.82 Å². The predicted octanol–water partition coefficient (Wildman–Crippen LogP) is 3.73. The van der Waals surface area contributed by atoms with E-state index in [0.29, 0.717) is 17.5 Å². The van der Waals surface area contributed by atoms with Crippen LogP contribution in [0.5, 0.6) is 5.88 Å². The van der Waals surface area contributed by atoms with Gasteiger partial charge in [0.2, 0.25) is 5.91 Å². The zero-order valence-electron chi connectivity index (χ0n) is 17.1. The maximum atomic E-state index is 12.0. The topological polar surface area (TPSA) is 108 Å². The highest BCUT2D eigenvalue weighted by Crippen LogP contribution is 2.34. The molecule has 0 saturated heterocycles. The van der Waals surface area contributed by atoms with Gasteiger partial charge < -0.3 is 20.3 Å². The summed E-state index contributed by atoms with van der Waals surface area (Å²) in [7, 11) is 0. The summed E-state index contributed by atoms with van der Waals surface area (Å²) in [4.78, 5) is 12.0. The number of benzene rings is 1. The van der Waals surface area contributed by atoms with Gasteiger partial charge in [-0.1, -0.05) is 30.3 Å². The monoisotopic (exact) mass is 417 g/mol. The van der Waals surface area contributed by atoms with Crippen molar-refractivity contribution in [2.45, 2.75) is 25.8 Å². The molecule has 1 aromatic carbocycles. The Balaban J connectivity index is 1.37. The van der Waals surface area contributed by atoms with Gasteiger partial charge in [-0.15, -0.1) is 0 Å². The van der Waals surface area contributed by atoms with Crippen LogP contribution in [-0.4, -0.2) is 27.3 Å². The summed E-state index contributed by atoms with van der Waals surface area (Å²) in [5.41, 5.74) is 9.74. The van der Waals surface area contributed by atoms with E-state index in [9.17, 15) is 4.79 Å². The second-order valence-corrected chi connectivity index (χ2v) is 7.83. The lowest BCUT2D eigenvalue weighted by Gasteiger charge is -2.12. The average molecular weight is 417 g/mol. The first kappa shape index (κ1) is 19.3. The van der Waals surface area contributed by atoms with E-state index in [1.54, 1.807) is 4.52 Å². The van der Waals surface area contributed by atoms with Crippen LogP contribution in [-0.2, 0) is 4.79 Å². The van der Waals surface area contributed by atoms with Gasteiger partial charge in [-0.05, 0) is 48.2 Å². The molecule has 1 atom stereocenters. The van der Waals surface area contributed by atoms with Gasteiger partial charge in [-0.3, -0.25) is 4.79 Å². The first-order valence-corrected chi connectivity index (χ1v) is 10.3. The number of nitrogens with two attached hydrogens (primary N) is 1. The largest absolute Gasteiger partial charge is 0.473 e. The van der Waals surface area contributed by atoms with E-state index in [-0.39, 0.29) is 24.5 Å². The molecule has 1 saturated carbocycles. The van der Waals surface area contributed by atoms with E-state index in [2.05, 4.69) is 15.6 Å². The van der Waals surface area contributed by atoms with Crippen LogP contribution in [0.15, 0.2) is 59.3 Å². The van der Waals surface area contributed by atoms with Crippen molar-refractivity contribution in [1.29, 1.82) is 0 Å². The molecule has 1 fully saturated rings. The standard InChI is InChI=1S/C23H23N5O3/c1-14-21(23(27-31-14)30-13-19(24)15-5-3-2-4-6-15)17-9-10-28-18(11-17)12-20(26-28)25-22(29)16-7-8-16/h2-6,9-12,16,19H,7-8,13,24H2,1H3,(H,25,26,29)/t19-/m0/s1. The minimum absolute atomic E-state index is 0.0314. The van der Waals surface area contributed by atoms with Crippen molar-refractivity contribution in [3.05, 3.63) is 66.1 Å². The summed E-state index contributed by atoms with van der Waals surface area (Å²) in [6.45, 7) is 2.11. The van der Waals surface area contributed by atoms with Crippen molar-refractivity contribution in [2.24, 2.45) is 11.7 Å². The van der Waals surface area contributed by atoms with Crippen molar-refractivity contribution in [2.75, 3.05) is 11.9 Å². The quantitative estimate of drug-likeness (QED) is 0.474. The highest BCUT2D eigenvalue weighted by atomic mass is 16.5. The van der Waals surface area contributed by atoms with E-state index in [0.717, 1.165) is 35.0 Å². The highest BCUT2D eigenvalue weighted by molar-refractivity contribution is 5.93. The molecule has 3 heterocycles. The molecular weight excluding hydrogens is 394 g/mol. The van der Waals surface area contributed by atoms with E-state index < -0.39 is 0 Å². The molecule has 0 unspecified atom stereocenters. The lowest BCUT2D eigenvalue weighted by atomic mass is 10.1. The molecule has 1 amide bonds. The van der Waals surface area contributed by atoms with Gasteiger partial charge in [0, 0.05) is 18.2 Å². The molecule has 8 heteroatoms. The maximum Gasteiger partial charge on any atom is 0.262 e. The summed E-state index contributed by atoms with van der Waals surface area (Å²) in [5, 5.41) is 11.4. The number of rotatable bonds is 7. The number of carbonyl (C=O) groups is 1. The minimum atomic E-state index is -0.277. The van der Waals surface area contributed by atoms with Gasteiger partial charge in [0.05, 0.1) is 17.1 Å². The number of aromatic nitrogens is 3. The number of hydrogen-bond acceptors (Lipinski definition) is 6. The Labute approximate surface area is 179 Å². The maximum absolute atomic E-state index is 12.0. The molecule has 158 valence electrons. The molecule has 3 aromatic heterocycles. The number of anilines is 1. The number of carbonyl (C=O) groups excluding carboxylic acids is 1. The van der Waals surface area contributed by atoms with E-state index in [1.807, 2.05) is 61.7 Å². The molecule has 1 aliphatic carbocycles. The third-order valence-electron chi connectivity index (χ3n) is 5.41. The van der Waals surface area contributed by atoms with Gasteiger partial charge in [0.25, 0.3) is 5.88 Å². The van der Waals surface area contributed by atoms with E-state index in [4.69, 9.17) is 15.0 Å². The highest BCUT2D eigenvalue weighted by Gasteiger charge is 2.30. The van der Waals surface area contributed by atoms with Crippen LogP contribution < -0.4 is 15.8 Å². The number of fused-ring (bicyclic) bond motifs is 1. The Bertz CT molecular complexity index is 1230. The van der Waals surface area contributed by atoms with Crippen LogP contribution in [0.3, 0.4) is 0 Å². The van der Waals surface area contributed by atoms with Crippen molar-refractivity contribution in [3.8, 4) is 17.0 Å². The van der Waals surface area contributed by atoms with Gasteiger partial charge >= 0.3 is 0 Å².